The smallest absolute Gasteiger partial charge is 0.741 e. The van der Waals surface area contributed by atoms with Gasteiger partial charge in [0, 0.05) is 0 Å². The van der Waals surface area contributed by atoms with Crippen molar-refractivity contribution in [3.05, 3.63) is 0 Å². The van der Waals surface area contributed by atoms with Gasteiger partial charge in [-0.2, -0.15) is 13.2 Å². The number of halogens is 3. The Morgan fingerprint density at radius 3 is 0.905 bits per heavy atom. The molecule has 0 bridgehead atoms. The van der Waals surface area contributed by atoms with E-state index in [4.69, 9.17) is 31.9 Å². The minimum atomic E-state index is -6.09. The zero-order chi connectivity index (χ0) is 15.5. The normalized spacial score (nSPS) is 19.0. The first-order valence-electron chi connectivity index (χ1n) is 5.58. The molecule has 2 saturated heterocycles. The summed E-state index contributed by atoms with van der Waals surface area (Å²) in [5.41, 5.74) is -5.65. The quantitative estimate of drug-likeness (QED) is 0.304. The Kier molecular flexibility index (Phi) is 14.3. The van der Waals surface area contributed by atoms with Gasteiger partial charge in [0.15, 0.2) is 10.1 Å². The summed E-state index contributed by atoms with van der Waals surface area (Å²) in [7, 11) is -6.09. The molecule has 0 atom stereocenters. The van der Waals surface area contributed by atoms with Crippen LogP contribution in [-0.4, -0.2) is 71.3 Å². The van der Waals surface area contributed by atoms with Gasteiger partial charge in [-0.25, -0.2) is 8.42 Å². The fourth-order valence-corrected chi connectivity index (χ4v) is 0.880. The second kappa shape index (κ2) is 12.8. The van der Waals surface area contributed by atoms with Gasteiger partial charge in [0.25, 0.3) is 0 Å². The predicted octanol–water partition coefficient (Wildman–Crippen LogP) is 0.115. The van der Waals surface area contributed by atoms with E-state index in [1.54, 1.807) is 0 Å². The van der Waals surface area contributed by atoms with Crippen LogP contribution in [0.5, 0.6) is 0 Å². The summed E-state index contributed by atoms with van der Waals surface area (Å²) in [6, 6.07) is 0. The van der Waals surface area contributed by atoms with Gasteiger partial charge >= 0.3 is 27.9 Å². The summed E-state index contributed by atoms with van der Waals surface area (Å²) in [6.07, 6.45) is 0. The van der Waals surface area contributed by atoms with Crippen molar-refractivity contribution in [2.75, 3.05) is 52.9 Å². The van der Waals surface area contributed by atoms with Gasteiger partial charge in [0.05, 0.1) is 52.9 Å². The monoisotopic (exact) mass is 432 g/mol. The van der Waals surface area contributed by atoms with Crippen molar-refractivity contribution in [2.24, 2.45) is 0 Å². The number of ether oxygens (including phenoxy) is 4. The van der Waals surface area contributed by atoms with Crippen molar-refractivity contribution in [1.29, 1.82) is 0 Å². The number of alkyl halides is 3. The Morgan fingerprint density at radius 2 is 0.857 bits per heavy atom. The molecule has 2 aliphatic heterocycles. The molecule has 0 N–H and O–H groups in total. The van der Waals surface area contributed by atoms with Crippen LogP contribution in [0.1, 0.15) is 0 Å². The van der Waals surface area contributed by atoms with Crippen LogP contribution in [-0.2, 0) is 51.4 Å². The van der Waals surface area contributed by atoms with Crippen LogP contribution in [0.2, 0.25) is 0 Å². The molecule has 12 heteroatoms. The van der Waals surface area contributed by atoms with Crippen LogP contribution >= 0.6 is 0 Å². The molecule has 2 fully saturated rings. The summed E-state index contributed by atoms with van der Waals surface area (Å²) >= 11 is 0. The van der Waals surface area contributed by atoms with E-state index in [9.17, 15) is 13.2 Å². The third-order valence-electron chi connectivity index (χ3n) is 1.77. The Hall–Kier alpha value is 0.280. The van der Waals surface area contributed by atoms with Crippen LogP contribution in [0.4, 0.5) is 13.2 Å². The van der Waals surface area contributed by atoms with E-state index in [-0.39, 0.29) is 22.4 Å². The van der Waals surface area contributed by atoms with Crippen LogP contribution in [0.25, 0.3) is 0 Å². The molecule has 21 heavy (non-hydrogen) atoms. The molecule has 0 saturated carbocycles. The average Bonchev–Trinajstić information content (AvgIpc) is 2.42. The number of hydrogen-bond donors (Lipinski definition) is 0. The molecule has 0 aromatic heterocycles. The predicted molar refractivity (Wildman–Crippen MR) is 59.0 cm³/mol. The van der Waals surface area contributed by atoms with Crippen molar-refractivity contribution in [2.45, 2.75) is 5.51 Å². The Labute approximate surface area is 136 Å². The van der Waals surface area contributed by atoms with Crippen LogP contribution in [0.15, 0.2) is 0 Å². The van der Waals surface area contributed by atoms with Crippen molar-refractivity contribution in [1.82, 2.24) is 0 Å². The Bertz CT molecular complexity index is 294. The minimum Gasteiger partial charge on any atom is -0.741 e. The van der Waals surface area contributed by atoms with Crippen molar-refractivity contribution in [3.63, 3.8) is 0 Å². The SMILES string of the molecule is C1COCCO1.C1COCCO1.O=S(=O)([O-])C(F)(F)F.[Ag+]. The van der Waals surface area contributed by atoms with Gasteiger partial charge < -0.3 is 23.5 Å². The van der Waals surface area contributed by atoms with Gasteiger partial charge in [0.2, 0.25) is 0 Å². The summed E-state index contributed by atoms with van der Waals surface area (Å²) < 4.78 is 78.7. The minimum absolute atomic E-state index is 0. The van der Waals surface area contributed by atoms with E-state index in [0.29, 0.717) is 0 Å². The molecule has 0 spiro atoms. The molecule has 2 rings (SSSR count). The third-order valence-corrected chi connectivity index (χ3v) is 2.34. The Morgan fingerprint density at radius 1 is 0.714 bits per heavy atom. The molecular weight excluding hydrogens is 417 g/mol. The van der Waals surface area contributed by atoms with Crippen molar-refractivity contribution in [3.8, 4) is 0 Å². The zero-order valence-corrected chi connectivity index (χ0v) is 13.2. The molecule has 2 heterocycles. The summed E-state index contributed by atoms with van der Waals surface area (Å²) in [6.45, 7) is 6.22. The molecule has 7 nitrogen and oxygen atoms in total. The molecule has 0 aromatic carbocycles. The molecule has 0 aliphatic carbocycles. The van der Waals surface area contributed by atoms with E-state index >= 15 is 0 Å². The molecule has 2 aliphatic rings. The van der Waals surface area contributed by atoms with Gasteiger partial charge in [0.1, 0.15) is 0 Å². The fraction of sp³-hybridized carbons (Fsp3) is 1.00. The molecule has 0 aromatic rings. The maximum absolute atomic E-state index is 10.7. The van der Waals surface area contributed by atoms with E-state index in [1.807, 2.05) is 0 Å². The number of hydrogen-bond acceptors (Lipinski definition) is 7. The largest absolute Gasteiger partial charge is 1.00 e. The van der Waals surface area contributed by atoms with Crippen LogP contribution in [0, 0.1) is 0 Å². The summed E-state index contributed by atoms with van der Waals surface area (Å²) in [5, 5.41) is 0. The molecule has 0 amide bonds. The van der Waals surface area contributed by atoms with Crippen LogP contribution in [0.3, 0.4) is 0 Å². The zero-order valence-electron chi connectivity index (χ0n) is 10.9. The van der Waals surface area contributed by atoms with Crippen LogP contribution < -0.4 is 0 Å². The maximum atomic E-state index is 10.7. The maximum Gasteiger partial charge on any atom is 1.00 e. The molecule has 0 radical (unpaired) electrons. The number of rotatable bonds is 0. The van der Waals surface area contributed by atoms with Gasteiger partial charge in [-0.05, 0) is 0 Å². The van der Waals surface area contributed by atoms with E-state index in [2.05, 4.69) is 0 Å². The Balaban J connectivity index is 0. The van der Waals surface area contributed by atoms with E-state index < -0.39 is 15.6 Å². The molecule has 0 unspecified atom stereocenters. The van der Waals surface area contributed by atoms with Crippen molar-refractivity contribution >= 4 is 10.1 Å². The van der Waals surface area contributed by atoms with Gasteiger partial charge in [-0.15, -0.1) is 0 Å². The topological polar surface area (TPSA) is 94.1 Å². The summed E-state index contributed by atoms with van der Waals surface area (Å²) in [4.78, 5) is 0. The first kappa shape index (κ1) is 23.5. The first-order valence-corrected chi connectivity index (χ1v) is 6.99. The first-order chi connectivity index (χ1) is 9.25. The average molecular weight is 433 g/mol. The standard InChI is InChI=1S/2C4H8O2.CHF3O3S.Ag/c2*1-2-6-4-3-5-1;2-1(3,4)8(5,6)7;/h2*1-4H2;(H,5,6,7);/q;;;+1/p-1. The van der Waals surface area contributed by atoms with E-state index in [1.165, 1.54) is 0 Å². The molecular formula is C9H16AgF3O7S. The summed E-state index contributed by atoms with van der Waals surface area (Å²) in [5.74, 6) is 0. The molecule has 132 valence electrons. The third kappa shape index (κ3) is 15.0. The second-order valence-electron chi connectivity index (χ2n) is 3.35. The van der Waals surface area contributed by atoms with Gasteiger partial charge in [-0.1, -0.05) is 0 Å². The second-order valence-corrected chi connectivity index (χ2v) is 4.72. The van der Waals surface area contributed by atoms with E-state index in [0.717, 1.165) is 52.9 Å². The van der Waals surface area contributed by atoms with Crippen molar-refractivity contribution < 1.29 is 67.5 Å². The fourth-order valence-electron chi connectivity index (χ4n) is 0.880. The van der Waals surface area contributed by atoms with Gasteiger partial charge in [-0.3, -0.25) is 0 Å².